The fraction of sp³-hybridized carbons (Fsp3) is 0.533. The average Bonchev–Trinajstić information content (AvgIpc) is 2.28. The van der Waals surface area contributed by atoms with Gasteiger partial charge in [-0.05, 0) is 31.9 Å². The van der Waals surface area contributed by atoms with Crippen LogP contribution in [-0.4, -0.2) is 25.6 Å². The molecule has 3 nitrogen and oxygen atoms in total. The zero-order chi connectivity index (χ0) is 13.5. The number of rotatable bonds is 7. The van der Waals surface area contributed by atoms with Crippen molar-refractivity contribution < 1.29 is 14.3 Å². The molecule has 1 rings (SSSR count). The second kappa shape index (κ2) is 7.17. The van der Waals surface area contributed by atoms with Crippen LogP contribution < -0.4 is 4.74 Å². The van der Waals surface area contributed by atoms with Crippen LogP contribution in [0.15, 0.2) is 24.3 Å². The summed E-state index contributed by atoms with van der Waals surface area (Å²) < 4.78 is 10.6. The summed E-state index contributed by atoms with van der Waals surface area (Å²) in [7, 11) is 1.65. The van der Waals surface area contributed by atoms with Gasteiger partial charge in [-0.15, -0.1) is 0 Å². The number of methoxy groups -OCH3 is 1. The Morgan fingerprint density at radius 1 is 1.28 bits per heavy atom. The van der Waals surface area contributed by atoms with Gasteiger partial charge in [-0.25, -0.2) is 0 Å². The first kappa shape index (κ1) is 14.7. The molecule has 0 amide bonds. The first-order valence-corrected chi connectivity index (χ1v) is 6.31. The van der Waals surface area contributed by atoms with Crippen molar-refractivity contribution in [2.75, 3.05) is 13.7 Å². The number of benzene rings is 1. The second-order valence-electron chi connectivity index (χ2n) is 4.88. The Bertz CT molecular complexity index is 385. The van der Waals surface area contributed by atoms with Crippen LogP contribution in [0.3, 0.4) is 0 Å². The molecule has 0 radical (unpaired) electrons. The Morgan fingerprint density at radius 2 is 2.00 bits per heavy atom. The van der Waals surface area contributed by atoms with Crippen molar-refractivity contribution in [2.45, 2.75) is 33.3 Å². The molecule has 0 saturated heterocycles. The Kier molecular flexibility index (Phi) is 5.86. The summed E-state index contributed by atoms with van der Waals surface area (Å²) in [6, 6.07) is 7.36. The molecule has 0 saturated carbocycles. The molecule has 1 aromatic rings. The maximum atomic E-state index is 12.1. The Hall–Kier alpha value is -1.35. The van der Waals surface area contributed by atoms with Gasteiger partial charge in [0.1, 0.15) is 5.75 Å². The van der Waals surface area contributed by atoms with Gasteiger partial charge in [-0.1, -0.05) is 19.1 Å². The highest BCUT2D eigenvalue weighted by Gasteiger charge is 2.12. The molecule has 0 fully saturated rings. The highest BCUT2D eigenvalue weighted by molar-refractivity contribution is 5.96. The highest BCUT2D eigenvalue weighted by atomic mass is 16.5. The molecule has 0 bridgehead atoms. The van der Waals surface area contributed by atoms with Gasteiger partial charge in [0, 0.05) is 25.7 Å². The SMILES string of the molecule is COCC(C)CC(=O)c1cccc(OC(C)C)c1. The van der Waals surface area contributed by atoms with Crippen molar-refractivity contribution in [3.05, 3.63) is 29.8 Å². The zero-order valence-electron chi connectivity index (χ0n) is 11.6. The van der Waals surface area contributed by atoms with Crippen molar-refractivity contribution in [3.8, 4) is 5.75 Å². The highest BCUT2D eigenvalue weighted by Crippen LogP contribution is 2.17. The topological polar surface area (TPSA) is 35.5 Å². The lowest BCUT2D eigenvalue weighted by atomic mass is 10.0. The maximum absolute atomic E-state index is 12.1. The number of ketones is 1. The van der Waals surface area contributed by atoms with Crippen LogP contribution >= 0.6 is 0 Å². The number of carbonyl (C=O) groups excluding carboxylic acids is 1. The van der Waals surface area contributed by atoms with Gasteiger partial charge < -0.3 is 9.47 Å². The van der Waals surface area contributed by atoms with Crippen LogP contribution in [0.1, 0.15) is 37.6 Å². The molecule has 3 heteroatoms. The lowest BCUT2D eigenvalue weighted by Crippen LogP contribution is -2.11. The maximum Gasteiger partial charge on any atom is 0.163 e. The molecule has 100 valence electrons. The van der Waals surface area contributed by atoms with Gasteiger partial charge in [-0.2, -0.15) is 0 Å². The van der Waals surface area contributed by atoms with Crippen molar-refractivity contribution in [3.63, 3.8) is 0 Å². The molecule has 1 aromatic carbocycles. The second-order valence-corrected chi connectivity index (χ2v) is 4.88. The molecule has 1 atom stereocenters. The van der Waals surface area contributed by atoms with Crippen LogP contribution in [0.5, 0.6) is 5.75 Å². The number of hydrogen-bond acceptors (Lipinski definition) is 3. The average molecular weight is 250 g/mol. The summed E-state index contributed by atoms with van der Waals surface area (Å²) in [5, 5.41) is 0. The minimum atomic E-state index is 0.114. The van der Waals surface area contributed by atoms with Gasteiger partial charge >= 0.3 is 0 Å². The van der Waals surface area contributed by atoms with E-state index in [4.69, 9.17) is 9.47 Å². The standard InChI is InChI=1S/C15H22O3/c1-11(2)18-14-7-5-6-13(9-14)15(16)8-12(3)10-17-4/h5-7,9,11-12H,8,10H2,1-4H3. The van der Waals surface area contributed by atoms with Crippen LogP contribution in [0, 0.1) is 5.92 Å². The Morgan fingerprint density at radius 3 is 2.61 bits per heavy atom. The van der Waals surface area contributed by atoms with Crippen molar-refractivity contribution in [2.24, 2.45) is 5.92 Å². The van der Waals surface area contributed by atoms with Gasteiger partial charge in [0.2, 0.25) is 0 Å². The number of hydrogen-bond donors (Lipinski definition) is 0. The zero-order valence-corrected chi connectivity index (χ0v) is 11.6. The molecular weight excluding hydrogens is 228 g/mol. The van der Waals surface area contributed by atoms with E-state index in [0.29, 0.717) is 18.6 Å². The summed E-state index contributed by atoms with van der Waals surface area (Å²) in [6.07, 6.45) is 0.613. The molecular formula is C15H22O3. The molecule has 0 aromatic heterocycles. The number of Topliss-reactive ketones (excluding diaryl/α,β-unsaturated/α-hetero) is 1. The fourth-order valence-electron chi connectivity index (χ4n) is 1.79. The third kappa shape index (κ3) is 4.88. The van der Waals surface area contributed by atoms with Gasteiger partial charge in [0.15, 0.2) is 5.78 Å². The van der Waals surface area contributed by atoms with Crippen molar-refractivity contribution in [1.29, 1.82) is 0 Å². The van der Waals surface area contributed by atoms with E-state index in [1.807, 2.05) is 45.0 Å². The molecule has 0 heterocycles. The third-order valence-electron chi connectivity index (χ3n) is 2.51. The van der Waals surface area contributed by atoms with Crippen molar-refractivity contribution >= 4 is 5.78 Å². The summed E-state index contributed by atoms with van der Waals surface area (Å²) in [5.41, 5.74) is 0.705. The molecule has 0 N–H and O–H groups in total. The van der Waals surface area contributed by atoms with E-state index in [0.717, 1.165) is 5.75 Å². The van der Waals surface area contributed by atoms with E-state index < -0.39 is 0 Å². The predicted octanol–water partition coefficient (Wildman–Crippen LogP) is 3.33. The van der Waals surface area contributed by atoms with Crippen LogP contribution in [0.4, 0.5) is 0 Å². The summed E-state index contributed by atoms with van der Waals surface area (Å²) in [6.45, 7) is 6.55. The van der Waals surface area contributed by atoms with Crippen LogP contribution in [0.2, 0.25) is 0 Å². The third-order valence-corrected chi connectivity index (χ3v) is 2.51. The summed E-state index contributed by atoms with van der Waals surface area (Å²) in [4.78, 5) is 12.1. The molecule has 0 aliphatic carbocycles. The Labute approximate surface area is 109 Å². The van der Waals surface area contributed by atoms with Crippen molar-refractivity contribution in [1.82, 2.24) is 0 Å². The van der Waals surface area contributed by atoms with Gasteiger partial charge in [0.05, 0.1) is 6.10 Å². The monoisotopic (exact) mass is 250 g/mol. The quantitative estimate of drug-likeness (QED) is 0.696. The van der Waals surface area contributed by atoms with E-state index in [1.54, 1.807) is 7.11 Å². The fourth-order valence-corrected chi connectivity index (χ4v) is 1.79. The normalized spacial score (nSPS) is 12.5. The van der Waals surface area contributed by atoms with E-state index in [2.05, 4.69) is 0 Å². The minimum absolute atomic E-state index is 0.114. The van der Waals surface area contributed by atoms with E-state index in [9.17, 15) is 4.79 Å². The largest absolute Gasteiger partial charge is 0.491 e. The van der Waals surface area contributed by atoms with E-state index in [1.165, 1.54) is 0 Å². The van der Waals surface area contributed by atoms with E-state index in [-0.39, 0.29) is 17.8 Å². The van der Waals surface area contributed by atoms with Gasteiger partial charge in [0.25, 0.3) is 0 Å². The first-order chi connectivity index (χ1) is 8.52. The first-order valence-electron chi connectivity index (χ1n) is 6.31. The molecule has 1 unspecified atom stereocenters. The van der Waals surface area contributed by atoms with Crippen LogP contribution in [0.25, 0.3) is 0 Å². The smallest absolute Gasteiger partial charge is 0.163 e. The molecule has 0 aliphatic rings. The summed E-state index contributed by atoms with van der Waals surface area (Å²) >= 11 is 0. The molecule has 0 aliphatic heterocycles. The Balaban J connectivity index is 2.68. The minimum Gasteiger partial charge on any atom is -0.491 e. The van der Waals surface area contributed by atoms with Crippen LogP contribution in [-0.2, 0) is 4.74 Å². The lowest BCUT2D eigenvalue weighted by molar-refractivity contribution is 0.0919. The summed E-state index contributed by atoms with van der Waals surface area (Å²) in [5.74, 6) is 1.11. The predicted molar refractivity (Wildman–Crippen MR) is 72.2 cm³/mol. The number of carbonyl (C=O) groups is 1. The lowest BCUT2D eigenvalue weighted by Gasteiger charge is -2.12. The van der Waals surface area contributed by atoms with Gasteiger partial charge in [-0.3, -0.25) is 4.79 Å². The molecule has 0 spiro atoms. The molecule has 18 heavy (non-hydrogen) atoms. The van der Waals surface area contributed by atoms with E-state index >= 15 is 0 Å². The number of ether oxygens (including phenoxy) is 2.